The van der Waals surface area contributed by atoms with Crippen LogP contribution in [0.1, 0.15) is 29.8 Å². The second-order valence-corrected chi connectivity index (χ2v) is 6.97. The molecule has 0 aliphatic carbocycles. The first kappa shape index (κ1) is 23.0. The topological polar surface area (TPSA) is 84.5 Å². The van der Waals surface area contributed by atoms with E-state index in [2.05, 4.69) is 10.6 Å². The maximum Gasteiger partial charge on any atom is 0.329 e. The Morgan fingerprint density at radius 2 is 1.60 bits per heavy atom. The first-order chi connectivity index (χ1) is 14.3. The fourth-order valence-corrected chi connectivity index (χ4v) is 2.68. The highest BCUT2D eigenvalue weighted by Crippen LogP contribution is 2.10. The molecule has 1 atom stereocenters. The van der Waals surface area contributed by atoms with E-state index in [4.69, 9.17) is 4.74 Å². The largest absolute Gasteiger partial charge is 0.454 e. The zero-order valence-electron chi connectivity index (χ0n) is 16.8. The van der Waals surface area contributed by atoms with Crippen LogP contribution < -0.4 is 10.6 Å². The van der Waals surface area contributed by atoms with Crippen molar-refractivity contribution >= 4 is 17.8 Å². The number of amides is 2. The minimum atomic E-state index is -1.05. The summed E-state index contributed by atoms with van der Waals surface area (Å²) in [6.45, 7) is 2.99. The van der Waals surface area contributed by atoms with Gasteiger partial charge < -0.3 is 15.4 Å². The van der Waals surface area contributed by atoms with Gasteiger partial charge in [-0.2, -0.15) is 0 Å². The summed E-state index contributed by atoms with van der Waals surface area (Å²) < 4.78 is 32.3. The lowest BCUT2D eigenvalue weighted by atomic mass is 10.0. The van der Waals surface area contributed by atoms with E-state index >= 15 is 0 Å². The van der Waals surface area contributed by atoms with Crippen molar-refractivity contribution in [2.24, 2.45) is 5.92 Å². The molecule has 2 amide bonds. The van der Waals surface area contributed by atoms with Crippen molar-refractivity contribution in [3.05, 3.63) is 71.3 Å². The molecule has 2 rings (SSSR count). The average Bonchev–Trinajstić information content (AvgIpc) is 2.71. The van der Waals surface area contributed by atoms with Gasteiger partial charge in [0.2, 0.25) is 0 Å². The molecule has 0 spiro atoms. The van der Waals surface area contributed by atoms with Gasteiger partial charge in [0.15, 0.2) is 6.61 Å². The molecule has 0 heterocycles. The highest BCUT2D eigenvalue weighted by atomic mass is 19.1. The maximum atomic E-state index is 13.8. The van der Waals surface area contributed by atoms with E-state index in [1.54, 1.807) is 32.0 Å². The number of esters is 1. The molecule has 0 saturated heterocycles. The van der Waals surface area contributed by atoms with Crippen LogP contribution in [0.5, 0.6) is 0 Å². The number of ether oxygens (including phenoxy) is 1. The van der Waals surface area contributed by atoms with Crippen LogP contribution in [0.2, 0.25) is 0 Å². The van der Waals surface area contributed by atoms with Crippen LogP contribution in [0, 0.1) is 17.6 Å². The molecule has 0 aromatic heterocycles. The number of benzene rings is 2. The van der Waals surface area contributed by atoms with Crippen LogP contribution in [0.3, 0.4) is 0 Å². The molecule has 30 heavy (non-hydrogen) atoms. The van der Waals surface area contributed by atoms with Crippen LogP contribution in [-0.4, -0.2) is 37.0 Å². The minimum Gasteiger partial charge on any atom is -0.454 e. The predicted molar refractivity (Wildman–Crippen MR) is 107 cm³/mol. The van der Waals surface area contributed by atoms with Gasteiger partial charge in [0.05, 0.1) is 5.56 Å². The summed E-state index contributed by atoms with van der Waals surface area (Å²) in [5.41, 5.74) is 0.271. The van der Waals surface area contributed by atoms with E-state index < -0.39 is 36.2 Å². The Morgan fingerprint density at radius 1 is 0.967 bits per heavy atom. The number of hydrogen-bond acceptors (Lipinski definition) is 4. The second-order valence-electron chi connectivity index (χ2n) is 6.97. The van der Waals surface area contributed by atoms with E-state index in [9.17, 15) is 23.2 Å². The smallest absolute Gasteiger partial charge is 0.329 e. The lowest BCUT2D eigenvalue weighted by molar-refractivity contribution is -0.151. The van der Waals surface area contributed by atoms with Crippen LogP contribution >= 0.6 is 0 Å². The molecule has 0 unspecified atom stereocenters. The predicted octanol–water partition coefficient (Wildman–Crippen LogP) is 2.62. The van der Waals surface area contributed by atoms with Gasteiger partial charge in [0, 0.05) is 6.54 Å². The molecule has 0 aliphatic heterocycles. The molecule has 6 nitrogen and oxygen atoms in total. The third-order valence-electron chi connectivity index (χ3n) is 4.35. The molecule has 0 saturated carbocycles. The average molecular weight is 418 g/mol. The monoisotopic (exact) mass is 418 g/mol. The van der Waals surface area contributed by atoms with Gasteiger partial charge in [-0.15, -0.1) is 0 Å². The SMILES string of the molecule is CC(C)[C@H](NC(=O)c1ccccc1F)C(=O)OCC(=O)NCCc1ccccc1F. The summed E-state index contributed by atoms with van der Waals surface area (Å²) in [5.74, 6) is -3.53. The quantitative estimate of drug-likeness (QED) is 0.613. The number of halogens is 2. The number of rotatable bonds is 9. The Hall–Kier alpha value is -3.29. The van der Waals surface area contributed by atoms with Gasteiger partial charge in [0.25, 0.3) is 11.8 Å². The van der Waals surface area contributed by atoms with Crippen LogP contribution in [0.4, 0.5) is 8.78 Å². The van der Waals surface area contributed by atoms with E-state index in [0.717, 1.165) is 6.07 Å². The van der Waals surface area contributed by atoms with E-state index in [0.29, 0.717) is 12.0 Å². The molecular formula is C22H24F2N2O4. The summed E-state index contributed by atoms with van der Waals surface area (Å²) >= 11 is 0. The van der Waals surface area contributed by atoms with Gasteiger partial charge >= 0.3 is 5.97 Å². The summed E-state index contributed by atoms with van der Waals surface area (Å²) in [7, 11) is 0. The molecule has 0 bridgehead atoms. The summed E-state index contributed by atoms with van der Waals surface area (Å²) in [6.07, 6.45) is 0.291. The molecule has 0 radical (unpaired) electrons. The Labute approximate surface area is 173 Å². The Bertz CT molecular complexity index is 902. The van der Waals surface area contributed by atoms with Gasteiger partial charge in [-0.05, 0) is 36.1 Å². The van der Waals surface area contributed by atoms with Gasteiger partial charge in [-0.1, -0.05) is 44.2 Å². The number of nitrogens with one attached hydrogen (secondary N) is 2. The highest BCUT2D eigenvalue weighted by Gasteiger charge is 2.27. The summed E-state index contributed by atoms with van der Waals surface area (Å²) in [5, 5.41) is 4.98. The van der Waals surface area contributed by atoms with Crippen LogP contribution in [-0.2, 0) is 20.7 Å². The fourth-order valence-electron chi connectivity index (χ4n) is 2.68. The highest BCUT2D eigenvalue weighted by molar-refractivity contribution is 5.97. The van der Waals surface area contributed by atoms with Crippen LogP contribution in [0.25, 0.3) is 0 Å². The van der Waals surface area contributed by atoms with Crippen molar-refractivity contribution < 1.29 is 27.9 Å². The molecule has 0 aliphatic rings. The van der Waals surface area contributed by atoms with Crippen molar-refractivity contribution in [2.45, 2.75) is 26.3 Å². The number of hydrogen-bond donors (Lipinski definition) is 2. The lowest BCUT2D eigenvalue weighted by Crippen LogP contribution is -2.46. The van der Waals surface area contributed by atoms with Crippen molar-refractivity contribution in [3.63, 3.8) is 0 Å². The summed E-state index contributed by atoms with van der Waals surface area (Å²) in [6, 6.07) is 10.6. The molecule has 2 aromatic carbocycles. The maximum absolute atomic E-state index is 13.8. The zero-order chi connectivity index (χ0) is 22.1. The lowest BCUT2D eigenvalue weighted by Gasteiger charge is -2.21. The molecule has 8 heteroatoms. The second kappa shape index (κ2) is 11.0. The third-order valence-corrected chi connectivity index (χ3v) is 4.35. The first-order valence-corrected chi connectivity index (χ1v) is 9.51. The Morgan fingerprint density at radius 3 is 2.23 bits per heavy atom. The van der Waals surface area contributed by atoms with E-state index in [-0.39, 0.29) is 23.8 Å². The van der Waals surface area contributed by atoms with Gasteiger partial charge in [-0.3, -0.25) is 9.59 Å². The number of carbonyl (C=O) groups is 3. The zero-order valence-corrected chi connectivity index (χ0v) is 16.8. The Balaban J connectivity index is 1.83. The van der Waals surface area contributed by atoms with Crippen LogP contribution in [0.15, 0.2) is 48.5 Å². The third kappa shape index (κ3) is 6.65. The van der Waals surface area contributed by atoms with E-state index in [1.165, 1.54) is 24.3 Å². The summed E-state index contributed by atoms with van der Waals surface area (Å²) in [4.78, 5) is 36.5. The molecule has 160 valence electrons. The number of carbonyl (C=O) groups excluding carboxylic acids is 3. The van der Waals surface area contributed by atoms with Crippen molar-refractivity contribution in [1.82, 2.24) is 10.6 Å². The van der Waals surface area contributed by atoms with Gasteiger partial charge in [0.1, 0.15) is 17.7 Å². The van der Waals surface area contributed by atoms with Crippen molar-refractivity contribution in [3.8, 4) is 0 Å². The van der Waals surface area contributed by atoms with Crippen molar-refractivity contribution in [2.75, 3.05) is 13.2 Å². The fraction of sp³-hybridized carbons (Fsp3) is 0.318. The normalized spacial score (nSPS) is 11.6. The standard InChI is InChI=1S/C22H24F2N2O4/c1-14(2)20(26-21(28)16-8-4-6-10-18(16)24)22(29)30-13-19(27)25-12-11-15-7-3-5-9-17(15)23/h3-10,14,20H,11-13H2,1-2H3,(H,25,27)(H,26,28)/t20-/m0/s1. The molecule has 0 fully saturated rings. The van der Waals surface area contributed by atoms with E-state index in [1.807, 2.05) is 0 Å². The van der Waals surface area contributed by atoms with Gasteiger partial charge in [-0.25, -0.2) is 13.6 Å². The Kier molecular flexibility index (Phi) is 8.46. The first-order valence-electron chi connectivity index (χ1n) is 9.51. The molecule has 2 aromatic rings. The van der Waals surface area contributed by atoms with Crippen molar-refractivity contribution in [1.29, 1.82) is 0 Å². The molecular weight excluding hydrogens is 394 g/mol. The minimum absolute atomic E-state index is 0.176. The molecule has 2 N–H and O–H groups in total.